The van der Waals surface area contributed by atoms with E-state index in [0.29, 0.717) is 6.42 Å². The summed E-state index contributed by atoms with van der Waals surface area (Å²) in [4.78, 5) is 7.24. The predicted molar refractivity (Wildman–Crippen MR) is 101 cm³/mol. The van der Waals surface area contributed by atoms with Crippen LogP contribution in [0, 0.1) is 0 Å². The Hall–Kier alpha value is -2.95. The molecule has 5 nitrogen and oxygen atoms in total. The maximum Gasteiger partial charge on any atom is 0.168 e. The second-order valence-corrected chi connectivity index (χ2v) is 6.01. The van der Waals surface area contributed by atoms with Gasteiger partial charge in [0.2, 0.25) is 0 Å². The van der Waals surface area contributed by atoms with E-state index < -0.39 is 0 Å². The van der Waals surface area contributed by atoms with Crippen LogP contribution in [0.1, 0.15) is 19.7 Å². The minimum Gasteiger partial charge on any atom is -0.360 e. The van der Waals surface area contributed by atoms with Gasteiger partial charge in [0, 0.05) is 18.7 Å². The highest BCUT2D eigenvalue weighted by Gasteiger charge is 2.23. The average molecular weight is 331 g/mol. The van der Waals surface area contributed by atoms with Crippen molar-refractivity contribution < 1.29 is 0 Å². The summed E-state index contributed by atoms with van der Waals surface area (Å²) in [7, 11) is 0. The lowest BCUT2D eigenvalue weighted by Crippen LogP contribution is -2.32. The molecule has 0 amide bonds. The van der Waals surface area contributed by atoms with Crippen molar-refractivity contribution in [2.75, 3.05) is 13.1 Å². The molecule has 0 unspecified atom stereocenters. The SMILES string of the molecule is CCN(CC)C1=Nc2ccccc2-n2c(nnc2-c2ccccc2)C1. The first-order valence-electron chi connectivity index (χ1n) is 8.73. The molecule has 25 heavy (non-hydrogen) atoms. The third kappa shape index (κ3) is 2.71. The molecule has 0 aliphatic carbocycles. The number of nitrogens with zero attached hydrogens (tertiary/aromatic N) is 5. The summed E-state index contributed by atoms with van der Waals surface area (Å²) in [6.45, 7) is 6.17. The van der Waals surface area contributed by atoms with Crippen LogP contribution >= 0.6 is 0 Å². The Labute approximate surface area is 147 Å². The first-order chi connectivity index (χ1) is 12.3. The summed E-state index contributed by atoms with van der Waals surface area (Å²) in [5.74, 6) is 2.83. The number of aliphatic imine (C=N–C) groups is 1. The van der Waals surface area contributed by atoms with E-state index in [9.17, 15) is 0 Å². The number of hydrogen-bond donors (Lipinski definition) is 0. The Balaban J connectivity index is 1.92. The molecule has 0 saturated carbocycles. The first-order valence-corrected chi connectivity index (χ1v) is 8.73. The molecular formula is C20H21N5. The van der Waals surface area contributed by atoms with Gasteiger partial charge in [0.15, 0.2) is 5.82 Å². The van der Waals surface area contributed by atoms with E-state index in [1.54, 1.807) is 0 Å². The monoisotopic (exact) mass is 331 g/mol. The quantitative estimate of drug-likeness (QED) is 0.732. The lowest BCUT2D eigenvalue weighted by Gasteiger charge is -2.21. The molecule has 126 valence electrons. The van der Waals surface area contributed by atoms with Gasteiger partial charge in [-0.05, 0) is 26.0 Å². The molecule has 1 aliphatic rings. The normalized spacial score (nSPS) is 12.8. The maximum absolute atomic E-state index is 4.96. The Morgan fingerprint density at radius 1 is 0.920 bits per heavy atom. The molecule has 0 N–H and O–H groups in total. The van der Waals surface area contributed by atoms with Crippen LogP contribution in [0.5, 0.6) is 0 Å². The third-order valence-corrected chi connectivity index (χ3v) is 4.58. The van der Waals surface area contributed by atoms with Gasteiger partial charge in [-0.2, -0.15) is 0 Å². The van der Waals surface area contributed by atoms with Gasteiger partial charge < -0.3 is 4.90 Å². The molecule has 5 heteroatoms. The fourth-order valence-corrected chi connectivity index (χ4v) is 3.30. The van der Waals surface area contributed by atoms with E-state index in [1.165, 1.54) is 0 Å². The zero-order chi connectivity index (χ0) is 17.2. The minimum atomic E-state index is 0.677. The van der Waals surface area contributed by atoms with Crippen molar-refractivity contribution >= 4 is 11.5 Å². The van der Waals surface area contributed by atoms with Crippen LogP contribution in [0.2, 0.25) is 0 Å². The van der Waals surface area contributed by atoms with E-state index in [1.807, 2.05) is 30.3 Å². The lowest BCUT2D eigenvalue weighted by atomic mass is 10.2. The Kier molecular flexibility index (Phi) is 4.06. The number of benzene rings is 2. The molecule has 0 bridgehead atoms. The van der Waals surface area contributed by atoms with Crippen molar-refractivity contribution in [3.8, 4) is 17.1 Å². The smallest absolute Gasteiger partial charge is 0.168 e. The Morgan fingerprint density at radius 3 is 2.40 bits per heavy atom. The molecular weight excluding hydrogens is 310 g/mol. The van der Waals surface area contributed by atoms with Crippen LogP contribution in [-0.2, 0) is 6.42 Å². The molecule has 1 aromatic heterocycles. The molecule has 0 spiro atoms. The number of para-hydroxylation sites is 2. The largest absolute Gasteiger partial charge is 0.360 e. The summed E-state index contributed by atoms with van der Waals surface area (Å²) in [5, 5.41) is 8.99. The molecule has 0 atom stereocenters. The van der Waals surface area contributed by atoms with E-state index >= 15 is 0 Å². The molecule has 4 rings (SSSR count). The second kappa shape index (κ2) is 6.51. The first kappa shape index (κ1) is 15.6. The van der Waals surface area contributed by atoms with Crippen molar-refractivity contribution in [1.29, 1.82) is 0 Å². The summed E-state index contributed by atoms with van der Waals surface area (Å²) >= 11 is 0. The van der Waals surface area contributed by atoms with E-state index in [4.69, 9.17) is 4.99 Å². The molecule has 1 aliphatic heterocycles. The van der Waals surface area contributed by atoms with Crippen LogP contribution in [0.15, 0.2) is 59.6 Å². The predicted octanol–water partition coefficient (Wildman–Crippen LogP) is 3.86. The fourth-order valence-electron chi connectivity index (χ4n) is 3.30. The van der Waals surface area contributed by atoms with Crippen LogP contribution in [0.4, 0.5) is 5.69 Å². The third-order valence-electron chi connectivity index (χ3n) is 4.58. The van der Waals surface area contributed by atoms with E-state index in [0.717, 1.165) is 47.5 Å². The van der Waals surface area contributed by atoms with Gasteiger partial charge >= 0.3 is 0 Å². The zero-order valence-electron chi connectivity index (χ0n) is 14.6. The van der Waals surface area contributed by atoms with Gasteiger partial charge in [-0.1, -0.05) is 42.5 Å². The van der Waals surface area contributed by atoms with Crippen molar-refractivity contribution in [2.24, 2.45) is 4.99 Å². The standard InChI is InChI=1S/C20H21N5/c1-3-24(4-2)18-14-19-22-23-20(15-10-6-5-7-11-15)25(19)17-13-9-8-12-16(17)21-18/h5-13H,3-4,14H2,1-2H3. The fraction of sp³-hybridized carbons (Fsp3) is 0.250. The number of aromatic nitrogens is 3. The van der Waals surface area contributed by atoms with Crippen LogP contribution in [-0.4, -0.2) is 38.6 Å². The highest BCUT2D eigenvalue weighted by molar-refractivity contribution is 5.89. The molecule has 2 heterocycles. The number of amidine groups is 1. The van der Waals surface area contributed by atoms with Crippen molar-refractivity contribution in [1.82, 2.24) is 19.7 Å². The second-order valence-electron chi connectivity index (χ2n) is 6.01. The van der Waals surface area contributed by atoms with Crippen molar-refractivity contribution in [3.63, 3.8) is 0 Å². The van der Waals surface area contributed by atoms with E-state index in [2.05, 4.69) is 57.8 Å². The number of rotatable bonds is 3. The van der Waals surface area contributed by atoms with Crippen molar-refractivity contribution in [2.45, 2.75) is 20.3 Å². The molecule has 0 fully saturated rings. The Bertz CT molecular complexity index is 907. The molecule has 0 radical (unpaired) electrons. The van der Waals surface area contributed by atoms with Gasteiger partial charge in [0.1, 0.15) is 11.7 Å². The number of likely N-dealkylation sites (N-methyl/N-ethyl adjacent to an activating group) is 1. The summed E-state index contributed by atoms with van der Waals surface area (Å²) in [6.07, 6.45) is 0.677. The van der Waals surface area contributed by atoms with Gasteiger partial charge in [0.05, 0.1) is 17.8 Å². The summed E-state index contributed by atoms with van der Waals surface area (Å²) < 4.78 is 2.14. The van der Waals surface area contributed by atoms with Crippen LogP contribution in [0.25, 0.3) is 17.1 Å². The van der Waals surface area contributed by atoms with E-state index in [-0.39, 0.29) is 0 Å². The highest BCUT2D eigenvalue weighted by Crippen LogP contribution is 2.32. The summed E-state index contributed by atoms with van der Waals surface area (Å²) in [5.41, 5.74) is 3.05. The van der Waals surface area contributed by atoms with Crippen LogP contribution < -0.4 is 0 Å². The highest BCUT2D eigenvalue weighted by atomic mass is 15.3. The Morgan fingerprint density at radius 2 is 1.64 bits per heavy atom. The minimum absolute atomic E-state index is 0.677. The van der Waals surface area contributed by atoms with Gasteiger partial charge in [-0.15, -0.1) is 10.2 Å². The molecule has 3 aromatic rings. The van der Waals surface area contributed by atoms with Gasteiger partial charge in [-0.3, -0.25) is 4.57 Å². The van der Waals surface area contributed by atoms with Crippen LogP contribution in [0.3, 0.4) is 0 Å². The molecule has 0 saturated heterocycles. The van der Waals surface area contributed by atoms with Crippen molar-refractivity contribution in [3.05, 3.63) is 60.4 Å². The number of fused-ring (bicyclic) bond motifs is 3. The zero-order valence-corrected chi connectivity index (χ0v) is 14.6. The molecule has 2 aromatic carbocycles. The lowest BCUT2D eigenvalue weighted by molar-refractivity contribution is 0.457. The topological polar surface area (TPSA) is 46.3 Å². The summed E-state index contributed by atoms with van der Waals surface area (Å²) in [6, 6.07) is 18.4. The number of hydrogen-bond acceptors (Lipinski definition) is 4. The van der Waals surface area contributed by atoms with Gasteiger partial charge in [-0.25, -0.2) is 4.99 Å². The van der Waals surface area contributed by atoms with Gasteiger partial charge in [0.25, 0.3) is 0 Å². The maximum atomic E-state index is 4.96. The average Bonchev–Trinajstić information content (AvgIpc) is 3.00.